The molecule has 0 aromatic heterocycles. The largest absolute Gasteiger partial charge is 0.597 e. The molecule has 4 rings (SSSR count). The summed E-state index contributed by atoms with van der Waals surface area (Å²) in [7, 11) is 3.67. The summed E-state index contributed by atoms with van der Waals surface area (Å²) in [5, 5.41) is 24.2. The van der Waals surface area contributed by atoms with Crippen LogP contribution in [0.3, 0.4) is 0 Å². The number of carbonyl (C=O) groups is 5. The zero-order chi connectivity index (χ0) is 40.4. The summed E-state index contributed by atoms with van der Waals surface area (Å²) in [5.41, 5.74) is -2.92. The normalized spacial score (nSPS) is 40.6. The molecule has 16 heteroatoms. The molecule has 14 atom stereocenters. The van der Waals surface area contributed by atoms with E-state index in [2.05, 4.69) is 5.32 Å². The van der Waals surface area contributed by atoms with Crippen molar-refractivity contribution < 1.29 is 62.1 Å². The van der Waals surface area contributed by atoms with Crippen molar-refractivity contribution in [3.05, 3.63) is 11.6 Å². The molecule has 300 valence electrons. The third-order valence-electron chi connectivity index (χ3n) is 11.4. The lowest BCUT2D eigenvalue weighted by atomic mass is 9.73. The van der Waals surface area contributed by atoms with Gasteiger partial charge in [0.05, 0.1) is 30.2 Å². The van der Waals surface area contributed by atoms with Crippen molar-refractivity contribution in [3.63, 3.8) is 0 Å². The van der Waals surface area contributed by atoms with Gasteiger partial charge in [0.1, 0.15) is 35.2 Å². The summed E-state index contributed by atoms with van der Waals surface area (Å²) in [6, 6.07) is 0.739. The predicted molar refractivity (Wildman–Crippen MR) is 191 cm³/mol. The number of rotatable bonds is 6. The number of aliphatic hydroxyl groups excluding tert-OH is 1. The number of ether oxygens (including phenoxy) is 6. The average Bonchev–Trinajstić information content (AvgIpc) is 3.71. The van der Waals surface area contributed by atoms with Crippen LogP contribution in [0.2, 0.25) is 0 Å². The quantitative estimate of drug-likeness (QED) is 0.227. The number of carbonyl (C=O) groups excluding carboxylic acids is 5. The topological polar surface area (TPSA) is 203 Å². The van der Waals surface area contributed by atoms with E-state index in [0.29, 0.717) is 6.42 Å². The highest BCUT2D eigenvalue weighted by atomic mass is 16.7. The van der Waals surface area contributed by atoms with Gasteiger partial charge in [-0.2, -0.15) is 10.1 Å². The average molecular weight is 762 g/mol. The number of esters is 2. The molecule has 4 aliphatic rings. The third kappa shape index (κ3) is 8.80. The fourth-order valence-electron chi connectivity index (χ4n) is 8.47. The molecular formula is C38H57N4O12+. The van der Waals surface area contributed by atoms with E-state index in [-0.39, 0.29) is 42.9 Å². The molecule has 4 heterocycles. The molecule has 2 N–H and O–H groups in total. The van der Waals surface area contributed by atoms with Crippen molar-refractivity contribution in [3.8, 4) is 6.07 Å². The first kappa shape index (κ1) is 42.8. The van der Waals surface area contributed by atoms with Crippen LogP contribution in [0.15, 0.2) is 11.6 Å². The number of alkyl carbamates (subject to hydrolysis) is 1. The van der Waals surface area contributed by atoms with Crippen LogP contribution < -0.4 is 5.32 Å². The van der Waals surface area contributed by atoms with Crippen LogP contribution in [0.1, 0.15) is 81.6 Å². The van der Waals surface area contributed by atoms with Crippen LogP contribution >= 0.6 is 0 Å². The zero-order valence-electron chi connectivity index (χ0n) is 33.2. The molecule has 54 heavy (non-hydrogen) atoms. The Morgan fingerprint density at radius 3 is 2.37 bits per heavy atom. The Balaban J connectivity index is 1.89. The molecule has 0 unspecified atom stereocenters. The molecule has 2 amide bonds. The SMILES string of the molecule is CC[C@H]1OC(=O)[C@H](C)[C@@H](O)[C@H](C)[C@@H](O[C@@H]2O[C@H](C)C[C@H](N(C)C)[C@H]2OC(C)=O)[C@](C)(OC(=O)[N+]2=CC(C#N)=CC2)C[C@@H](C)C(=O)[C@H](C)[C@H]2NC(=O)O[C@@]21C. The van der Waals surface area contributed by atoms with Crippen LogP contribution in [0.5, 0.6) is 0 Å². The summed E-state index contributed by atoms with van der Waals surface area (Å²) in [5.74, 6) is -5.59. The molecule has 3 saturated heterocycles. The number of nitrogens with zero attached hydrogens (tertiary/aromatic N) is 3. The van der Waals surface area contributed by atoms with E-state index < -0.39 is 95.7 Å². The Hall–Kier alpha value is -3.91. The second-order valence-electron chi connectivity index (χ2n) is 15.9. The second-order valence-corrected chi connectivity index (χ2v) is 15.9. The summed E-state index contributed by atoms with van der Waals surface area (Å²) < 4.78 is 38.1. The Kier molecular flexibility index (Phi) is 13.4. The minimum absolute atomic E-state index is 0.0523. The van der Waals surface area contributed by atoms with Gasteiger partial charge in [0.25, 0.3) is 0 Å². The molecular weight excluding hydrogens is 704 g/mol. The van der Waals surface area contributed by atoms with Crippen molar-refractivity contribution in [1.82, 2.24) is 10.2 Å². The van der Waals surface area contributed by atoms with E-state index in [9.17, 15) is 34.3 Å². The molecule has 0 bridgehead atoms. The molecule has 16 nitrogen and oxygen atoms in total. The lowest BCUT2D eigenvalue weighted by Gasteiger charge is -2.48. The maximum absolute atomic E-state index is 14.4. The number of likely N-dealkylation sites (N-methyl/N-ethyl adjacent to an activating group) is 1. The number of hydrogen-bond acceptors (Lipinski definition) is 14. The van der Waals surface area contributed by atoms with E-state index in [1.807, 2.05) is 32.0 Å². The van der Waals surface area contributed by atoms with Gasteiger partial charge in [-0.15, -0.1) is 4.58 Å². The second kappa shape index (κ2) is 16.8. The fraction of sp³-hybridized carbons (Fsp3) is 0.763. The number of cyclic esters (lactones) is 1. The lowest BCUT2D eigenvalue weighted by molar-refractivity contribution is -0.436. The Morgan fingerprint density at radius 2 is 1.80 bits per heavy atom. The molecule has 0 aromatic rings. The third-order valence-corrected chi connectivity index (χ3v) is 11.4. The highest BCUT2D eigenvalue weighted by Gasteiger charge is 2.58. The number of aliphatic hydroxyl groups is 1. The highest BCUT2D eigenvalue weighted by Crippen LogP contribution is 2.41. The number of fused-ring (bicyclic) bond motifs is 1. The van der Waals surface area contributed by atoms with Crippen LogP contribution in [-0.2, 0) is 42.8 Å². The van der Waals surface area contributed by atoms with Gasteiger partial charge in [-0.3, -0.25) is 14.4 Å². The summed E-state index contributed by atoms with van der Waals surface area (Å²) >= 11 is 0. The van der Waals surface area contributed by atoms with Gasteiger partial charge in [-0.1, -0.05) is 27.7 Å². The van der Waals surface area contributed by atoms with Gasteiger partial charge in [-0.05, 0) is 61.1 Å². The molecule has 0 saturated carbocycles. The highest BCUT2D eigenvalue weighted by molar-refractivity contribution is 5.86. The first-order valence-corrected chi connectivity index (χ1v) is 18.7. The molecule has 0 aromatic carbocycles. The van der Waals surface area contributed by atoms with E-state index in [0.717, 1.165) is 0 Å². The van der Waals surface area contributed by atoms with Crippen molar-refractivity contribution >= 4 is 36.1 Å². The number of nitriles is 1. The minimum atomic E-state index is -1.74. The molecule has 0 aliphatic carbocycles. The number of Topliss-reactive ketones (excluding diaryl/α,β-unsaturated/α-hetero) is 1. The fourth-order valence-corrected chi connectivity index (χ4v) is 8.47. The first-order valence-electron chi connectivity index (χ1n) is 18.7. The standard InChI is InChI=1S/C38H56N4O12/c1-12-27-38(9)31(40-35(47)53-38)21(4)28(44)19(2)16-37(8,54-36(48)42-14-13-25(17-39)18-42)32(22(5)29(45)23(6)33(46)51-27)52-34-30(50-24(7)43)26(41(10)11)15-20(3)49-34/h13,18-23,26-27,29-32,34,45H,12,14-16H2,1-11H3/p+1/t19-,20-,21+,22+,23-,26+,27-,29+,30-,31-,32-,34+,37-,38-/m1/s1. The van der Waals surface area contributed by atoms with E-state index in [4.69, 9.17) is 28.4 Å². The molecule has 0 radical (unpaired) electrons. The van der Waals surface area contributed by atoms with Gasteiger partial charge >= 0.3 is 24.1 Å². The maximum Gasteiger partial charge on any atom is 0.597 e. The monoisotopic (exact) mass is 761 g/mol. The Morgan fingerprint density at radius 1 is 1.13 bits per heavy atom. The smallest absolute Gasteiger partial charge is 0.458 e. The van der Waals surface area contributed by atoms with Crippen LogP contribution in [-0.4, -0.2) is 131 Å². The van der Waals surface area contributed by atoms with Gasteiger partial charge < -0.3 is 43.7 Å². The van der Waals surface area contributed by atoms with Crippen molar-refractivity contribution in [2.45, 2.75) is 142 Å². The first-order chi connectivity index (χ1) is 25.2. The molecule has 4 aliphatic heterocycles. The van der Waals surface area contributed by atoms with Crippen LogP contribution in [0.25, 0.3) is 0 Å². The zero-order valence-corrected chi connectivity index (χ0v) is 33.2. The maximum atomic E-state index is 14.4. The van der Waals surface area contributed by atoms with Crippen molar-refractivity contribution in [1.29, 1.82) is 5.26 Å². The van der Waals surface area contributed by atoms with Crippen molar-refractivity contribution in [2.75, 3.05) is 20.6 Å². The van der Waals surface area contributed by atoms with Gasteiger partial charge in [0, 0.05) is 30.8 Å². The molecule has 3 fully saturated rings. The lowest BCUT2D eigenvalue weighted by Crippen LogP contribution is -2.61. The van der Waals surface area contributed by atoms with Crippen LogP contribution in [0.4, 0.5) is 9.59 Å². The van der Waals surface area contributed by atoms with Gasteiger partial charge in [0.15, 0.2) is 30.8 Å². The van der Waals surface area contributed by atoms with Gasteiger partial charge in [0.2, 0.25) is 0 Å². The van der Waals surface area contributed by atoms with E-state index in [1.165, 1.54) is 24.6 Å². The number of allylic oxidation sites excluding steroid dienone is 1. The Bertz CT molecular complexity index is 1570. The van der Waals surface area contributed by atoms with E-state index in [1.54, 1.807) is 47.6 Å². The summed E-state index contributed by atoms with van der Waals surface area (Å²) in [6.07, 6.45) is -4.49. The van der Waals surface area contributed by atoms with Crippen LogP contribution in [0, 0.1) is 35.0 Å². The summed E-state index contributed by atoms with van der Waals surface area (Å²) in [6.45, 7) is 14.5. The minimum Gasteiger partial charge on any atom is -0.458 e. The number of hydrogen-bond donors (Lipinski definition) is 2. The van der Waals surface area contributed by atoms with Gasteiger partial charge in [-0.25, -0.2) is 4.79 Å². The number of amides is 2. The van der Waals surface area contributed by atoms with Crippen molar-refractivity contribution in [2.24, 2.45) is 23.7 Å². The summed E-state index contributed by atoms with van der Waals surface area (Å²) in [4.78, 5) is 69.3. The predicted octanol–water partition coefficient (Wildman–Crippen LogP) is 2.88. The molecule has 0 spiro atoms. The van der Waals surface area contributed by atoms with E-state index >= 15 is 0 Å². The Labute approximate surface area is 317 Å². The number of ketones is 1. The number of nitrogens with one attached hydrogen (secondary N) is 1.